The lowest BCUT2D eigenvalue weighted by Gasteiger charge is -2.28. The van der Waals surface area contributed by atoms with Crippen molar-refractivity contribution in [3.8, 4) is 0 Å². The van der Waals surface area contributed by atoms with Gasteiger partial charge in [0, 0.05) is 26.1 Å². The van der Waals surface area contributed by atoms with Gasteiger partial charge in [0.05, 0.1) is 0 Å². The number of nitrogens with one attached hydrogen (secondary N) is 2. The van der Waals surface area contributed by atoms with Gasteiger partial charge in [0.15, 0.2) is 0 Å². The van der Waals surface area contributed by atoms with Crippen LogP contribution in [0.5, 0.6) is 0 Å². The first kappa shape index (κ1) is 19.9. The van der Waals surface area contributed by atoms with E-state index in [1.165, 1.54) is 11.1 Å². The maximum Gasteiger partial charge on any atom is 0.269 e. The average molecular weight is 410 g/mol. The summed E-state index contributed by atoms with van der Waals surface area (Å²) >= 11 is 0.847. The third-order valence-electron chi connectivity index (χ3n) is 4.36. The molecule has 1 aliphatic rings. The third-order valence-corrected chi connectivity index (χ3v) is 7.02. The molecule has 0 atom stereocenters. The van der Waals surface area contributed by atoms with E-state index in [-0.39, 0.29) is 15.4 Å². The summed E-state index contributed by atoms with van der Waals surface area (Å²) in [7, 11) is -3.71. The van der Waals surface area contributed by atoms with Gasteiger partial charge in [0.25, 0.3) is 10.0 Å². The molecule has 27 heavy (non-hydrogen) atoms. The van der Waals surface area contributed by atoms with Crippen LogP contribution in [0, 0.1) is 0 Å². The van der Waals surface area contributed by atoms with E-state index < -0.39 is 10.0 Å². The van der Waals surface area contributed by atoms with Gasteiger partial charge in [-0.3, -0.25) is 9.69 Å². The number of fused-ring (bicyclic) bond motifs is 1. The average Bonchev–Trinajstić information content (AvgIpc) is 3.14. The summed E-state index contributed by atoms with van der Waals surface area (Å²) in [6.45, 7) is 4.75. The van der Waals surface area contributed by atoms with E-state index in [0.717, 1.165) is 37.4 Å². The highest BCUT2D eigenvalue weighted by Gasteiger charge is 2.21. The Morgan fingerprint density at radius 2 is 2.04 bits per heavy atom. The van der Waals surface area contributed by atoms with Crippen molar-refractivity contribution in [1.82, 2.24) is 19.8 Å². The van der Waals surface area contributed by atoms with Gasteiger partial charge in [-0.05, 0) is 30.5 Å². The number of benzene rings is 1. The third kappa shape index (κ3) is 5.32. The highest BCUT2D eigenvalue weighted by molar-refractivity contribution is 7.91. The Kier molecular flexibility index (Phi) is 6.53. The minimum Gasteiger partial charge on any atom is -0.301 e. The summed E-state index contributed by atoms with van der Waals surface area (Å²) in [6.07, 6.45) is 2.03. The molecule has 0 radical (unpaired) electrons. The summed E-state index contributed by atoms with van der Waals surface area (Å²) in [5, 5.41) is 10.1. The first-order valence-corrected chi connectivity index (χ1v) is 11.2. The Hall–Kier alpha value is -1.88. The monoisotopic (exact) mass is 409 g/mol. The SMILES string of the molecule is CCC(=O)Nc1nnc(S(=O)(=O)NCCCN2CCc3ccccc3C2)s1. The Bertz CT molecular complexity index is 897. The fourth-order valence-electron chi connectivity index (χ4n) is 2.89. The Morgan fingerprint density at radius 1 is 1.26 bits per heavy atom. The van der Waals surface area contributed by atoms with E-state index in [1.54, 1.807) is 6.92 Å². The van der Waals surface area contributed by atoms with E-state index in [4.69, 9.17) is 0 Å². The minimum absolute atomic E-state index is 0.138. The van der Waals surface area contributed by atoms with Gasteiger partial charge in [-0.1, -0.05) is 42.5 Å². The smallest absolute Gasteiger partial charge is 0.269 e. The molecule has 10 heteroatoms. The number of nitrogens with zero attached hydrogens (tertiary/aromatic N) is 3. The molecule has 0 unspecified atom stereocenters. The van der Waals surface area contributed by atoms with Gasteiger partial charge in [-0.25, -0.2) is 13.1 Å². The Labute approximate surface area is 163 Å². The molecule has 2 N–H and O–H groups in total. The van der Waals surface area contributed by atoms with Crippen LogP contribution in [0.15, 0.2) is 28.6 Å². The number of hydrogen-bond donors (Lipinski definition) is 2. The minimum atomic E-state index is -3.71. The molecule has 1 aromatic heterocycles. The normalized spacial score (nSPS) is 14.7. The molecule has 2 heterocycles. The number of sulfonamides is 1. The molecule has 1 amide bonds. The molecular weight excluding hydrogens is 386 g/mol. The first-order chi connectivity index (χ1) is 13.0. The number of anilines is 1. The van der Waals surface area contributed by atoms with E-state index in [9.17, 15) is 13.2 Å². The summed E-state index contributed by atoms with van der Waals surface area (Å²) in [4.78, 5) is 13.7. The lowest BCUT2D eigenvalue weighted by molar-refractivity contribution is -0.115. The Morgan fingerprint density at radius 3 is 2.81 bits per heavy atom. The number of carbonyl (C=O) groups is 1. The fourth-order valence-corrected chi connectivity index (χ4v) is 4.92. The predicted octanol–water partition coefficient (Wildman–Crippen LogP) is 1.61. The van der Waals surface area contributed by atoms with Crippen LogP contribution in [0.2, 0.25) is 0 Å². The number of amides is 1. The van der Waals surface area contributed by atoms with Crippen molar-refractivity contribution in [3.05, 3.63) is 35.4 Å². The molecule has 0 fully saturated rings. The predicted molar refractivity (Wildman–Crippen MR) is 104 cm³/mol. The maximum atomic E-state index is 12.3. The highest BCUT2D eigenvalue weighted by Crippen LogP contribution is 2.20. The summed E-state index contributed by atoms with van der Waals surface area (Å²) in [5.41, 5.74) is 2.75. The number of hydrogen-bond acceptors (Lipinski definition) is 7. The van der Waals surface area contributed by atoms with Crippen LogP contribution in [0.4, 0.5) is 5.13 Å². The van der Waals surface area contributed by atoms with Crippen LogP contribution in [0.1, 0.15) is 30.9 Å². The van der Waals surface area contributed by atoms with Gasteiger partial charge < -0.3 is 5.32 Å². The first-order valence-electron chi connectivity index (χ1n) is 8.90. The molecule has 0 bridgehead atoms. The molecule has 3 rings (SSSR count). The number of aromatic nitrogens is 2. The van der Waals surface area contributed by atoms with E-state index in [2.05, 4.69) is 49.4 Å². The van der Waals surface area contributed by atoms with Crippen molar-refractivity contribution < 1.29 is 13.2 Å². The second-order valence-electron chi connectivity index (χ2n) is 6.32. The van der Waals surface area contributed by atoms with Crippen molar-refractivity contribution >= 4 is 32.4 Å². The van der Waals surface area contributed by atoms with Crippen LogP contribution in [-0.2, 0) is 27.8 Å². The fraction of sp³-hybridized carbons (Fsp3) is 0.471. The van der Waals surface area contributed by atoms with Gasteiger partial charge in [0.1, 0.15) is 0 Å². The van der Waals surface area contributed by atoms with Crippen molar-refractivity contribution in [2.24, 2.45) is 0 Å². The van der Waals surface area contributed by atoms with Crippen molar-refractivity contribution in [3.63, 3.8) is 0 Å². The highest BCUT2D eigenvalue weighted by atomic mass is 32.2. The van der Waals surface area contributed by atoms with E-state index >= 15 is 0 Å². The molecule has 0 saturated heterocycles. The standard InChI is InChI=1S/C17H23N5O3S2/c1-2-15(23)19-16-20-21-17(26-16)27(24,25)18-9-5-10-22-11-8-13-6-3-4-7-14(13)12-22/h3-4,6-7,18H,2,5,8-12H2,1H3,(H,19,20,23). The lowest BCUT2D eigenvalue weighted by atomic mass is 10.00. The molecule has 0 spiro atoms. The molecule has 8 nitrogen and oxygen atoms in total. The molecule has 146 valence electrons. The quantitative estimate of drug-likeness (QED) is 0.507. The van der Waals surface area contributed by atoms with Gasteiger partial charge in [0.2, 0.25) is 15.4 Å². The van der Waals surface area contributed by atoms with E-state index in [0.29, 0.717) is 19.4 Å². The van der Waals surface area contributed by atoms with Crippen LogP contribution < -0.4 is 10.0 Å². The topological polar surface area (TPSA) is 104 Å². The lowest BCUT2D eigenvalue weighted by Crippen LogP contribution is -2.33. The zero-order valence-corrected chi connectivity index (χ0v) is 16.8. The molecule has 0 saturated carbocycles. The van der Waals surface area contributed by atoms with Crippen molar-refractivity contribution in [2.45, 2.75) is 37.1 Å². The van der Waals surface area contributed by atoms with E-state index in [1.807, 2.05) is 0 Å². The largest absolute Gasteiger partial charge is 0.301 e. The second-order valence-corrected chi connectivity index (χ2v) is 9.24. The zero-order valence-electron chi connectivity index (χ0n) is 15.1. The number of rotatable bonds is 8. The van der Waals surface area contributed by atoms with Crippen molar-refractivity contribution in [2.75, 3.05) is 25.0 Å². The summed E-state index contributed by atoms with van der Waals surface area (Å²) in [5.74, 6) is -0.230. The zero-order chi connectivity index (χ0) is 19.3. The Balaban J connectivity index is 1.45. The van der Waals surface area contributed by atoms with Crippen LogP contribution in [-0.4, -0.2) is 49.1 Å². The molecular formula is C17H23N5O3S2. The van der Waals surface area contributed by atoms with Gasteiger partial charge in [-0.15, -0.1) is 10.2 Å². The van der Waals surface area contributed by atoms with Crippen molar-refractivity contribution in [1.29, 1.82) is 0 Å². The number of carbonyl (C=O) groups excluding carboxylic acids is 1. The molecule has 1 aromatic carbocycles. The summed E-state index contributed by atoms with van der Waals surface area (Å²) in [6, 6.07) is 8.43. The van der Waals surface area contributed by atoms with Crippen LogP contribution in [0.25, 0.3) is 0 Å². The second kappa shape index (κ2) is 8.87. The van der Waals surface area contributed by atoms with Gasteiger partial charge in [-0.2, -0.15) is 0 Å². The molecule has 2 aromatic rings. The summed E-state index contributed by atoms with van der Waals surface area (Å²) < 4.78 is 27.0. The van der Waals surface area contributed by atoms with Crippen LogP contribution >= 0.6 is 11.3 Å². The van der Waals surface area contributed by atoms with Crippen LogP contribution in [0.3, 0.4) is 0 Å². The van der Waals surface area contributed by atoms with Gasteiger partial charge >= 0.3 is 0 Å². The molecule has 1 aliphatic heterocycles. The molecule has 0 aliphatic carbocycles. The maximum absolute atomic E-state index is 12.3.